The Morgan fingerprint density at radius 2 is 2.18 bits per heavy atom. The average Bonchev–Trinajstić information content (AvgIpc) is 2.01. The fourth-order valence-corrected chi connectivity index (χ4v) is 1.25. The van der Waals surface area contributed by atoms with Gasteiger partial charge in [0, 0.05) is 4.47 Å². The molecular formula is C8H7BrN2. The molecule has 0 bridgehead atoms. The van der Waals surface area contributed by atoms with Gasteiger partial charge in [-0.25, -0.2) is 0 Å². The first-order valence-electron chi connectivity index (χ1n) is 3.11. The highest BCUT2D eigenvalue weighted by molar-refractivity contribution is 9.10. The quantitative estimate of drug-likeness (QED) is 0.668. The van der Waals surface area contributed by atoms with Gasteiger partial charge in [-0.05, 0) is 40.5 Å². The molecule has 0 spiro atoms. The van der Waals surface area contributed by atoms with Crippen LogP contribution in [0.25, 0.3) is 0 Å². The van der Waals surface area contributed by atoms with Gasteiger partial charge in [0.1, 0.15) is 0 Å². The first-order valence-corrected chi connectivity index (χ1v) is 3.90. The molecule has 56 valence electrons. The number of nitrogens with zero attached hydrogens (tertiary/aromatic N) is 1. The van der Waals surface area contributed by atoms with E-state index in [0.717, 1.165) is 10.0 Å². The molecular weight excluding hydrogens is 204 g/mol. The monoisotopic (exact) mass is 210 g/mol. The number of benzene rings is 1. The van der Waals surface area contributed by atoms with E-state index in [1.165, 1.54) is 0 Å². The molecule has 11 heavy (non-hydrogen) atoms. The van der Waals surface area contributed by atoms with Crippen molar-refractivity contribution in [2.75, 3.05) is 5.73 Å². The lowest BCUT2D eigenvalue weighted by Crippen LogP contribution is -1.93. The molecule has 0 aliphatic carbocycles. The third kappa shape index (κ3) is 1.36. The van der Waals surface area contributed by atoms with Crippen LogP contribution in [0.1, 0.15) is 11.1 Å². The molecule has 0 fully saturated rings. The van der Waals surface area contributed by atoms with Gasteiger partial charge in [-0.2, -0.15) is 5.26 Å². The molecule has 1 rings (SSSR count). The summed E-state index contributed by atoms with van der Waals surface area (Å²) in [4.78, 5) is 0. The van der Waals surface area contributed by atoms with Gasteiger partial charge >= 0.3 is 0 Å². The number of nitrogens with two attached hydrogens (primary N) is 1. The Kier molecular flexibility index (Phi) is 2.16. The number of halogens is 1. The molecule has 2 nitrogen and oxygen atoms in total. The van der Waals surface area contributed by atoms with Gasteiger partial charge in [0.15, 0.2) is 0 Å². The maximum absolute atomic E-state index is 8.61. The Labute approximate surface area is 73.8 Å². The first-order chi connectivity index (χ1) is 5.16. The lowest BCUT2D eigenvalue weighted by atomic mass is 10.1. The fraction of sp³-hybridized carbons (Fsp3) is 0.125. The van der Waals surface area contributed by atoms with Crippen molar-refractivity contribution < 1.29 is 0 Å². The number of nitrogen functional groups attached to an aromatic ring is 1. The second-order valence-electron chi connectivity index (χ2n) is 2.25. The van der Waals surface area contributed by atoms with Crippen LogP contribution in [0.2, 0.25) is 0 Å². The molecule has 2 N–H and O–H groups in total. The van der Waals surface area contributed by atoms with E-state index in [2.05, 4.69) is 22.0 Å². The van der Waals surface area contributed by atoms with Crippen LogP contribution in [0.3, 0.4) is 0 Å². The highest BCUT2D eigenvalue weighted by Gasteiger charge is 2.03. The Balaban J connectivity index is 3.40. The van der Waals surface area contributed by atoms with Crippen LogP contribution in [-0.2, 0) is 0 Å². The van der Waals surface area contributed by atoms with Gasteiger partial charge in [0.05, 0.1) is 17.3 Å². The molecule has 1 aromatic rings. The second kappa shape index (κ2) is 2.93. The Hall–Kier alpha value is -1.01. The summed E-state index contributed by atoms with van der Waals surface area (Å²) >= 11 is 3.27. The molecule has 0 heterocycles. The van der Waals surface area contributed by atoms with Crippen molar-refractivity contribution in [1.29, 1.82) is 5.26 Å². The van der Waals surface area contributed by atoms with E-state index in [4.69, 9.17) is 11.0 Å². The van der Waals surface area contributed by atoms with Crippen molar-refractivity contribution in [3.63, 3.8) is 0 Å². The van der Waals surface area contributed by atoms with Crippen molar-refractivity contribution >= 4 is 21.6 Å². The average molecular weight is 211 g/mol. The van der Waals surface area contributed by atoms with Crippen LogP contribution in [0.15, 0.2) is 16.6 Å². The van der Waals surface area contributed by atoms with Gasteiger partial charge < -0.3 is 5.73 Å². The lowest BCUT2D eigenvalue weighted by molar-refractivity contribution is 1.38. The molecule has 0 radical (unpaired) electrons. The third-order valence-electron chi connectivity index (χ3n) is 1.58. The Morgan fingerprint density at radius 1 is 1.55 bits per heavy atom. The molecule has 0 atom stereocenters. The van der Waals surface area contributed by atoms with Crippen molar-refractivity contribution in [3.8, 4) is 6.07 Å². The molecule has 0 unspecified atom stereocenters. The molecule has 0 saturated heterocycles. The summed E-state index contributed by atoms with van der Waals surface area (Å²) in [6.45, 7) is 1.83. The highest BCUT2D eigenvalue weighted by Crippen LogP contribution is 2.24. The van der Waals surface area contributed by atoms with Gasteiger partial charge in [-0.3, -0.25) is 0 Å². The summed E-state index contributed by atoms with van der Waals surface area (Å²) in [5, 5.41) is 8.61. The van der Waals surface area contributed by atoms with Gasteiger partial charge in [-0.15, -0.1) is 0 Å². The SMILES string of the molecule is Cc1c(C#N)ccc(Br)c1N. The predicted octanol–water partition coefficient (Wildman–Crippen LogP) is 2.21. The molecule has 0 saturated carbocycles. The molecule has 0 amide bonds. The smallest absolute Gasteiger partial charge is 0.0995 e. The lowest BCUT2D eigenvalue weighted by Gasteiger charge is -2.02. The summed E-state index contributed by atoms with van der Waals surface area (Å²) in [7, 11) is 0. The maximum Gasteiger partial charge on any atom is 0.0995 e. The third-order valence-corrected chi connectivity index (χ3v) is 2.27. The van der Waals surface area contributed by atoms with Crippen LogP contribution in [-0.4, -0.2) is 0 Å². The van der Waals surface area contributed by atoms with Crippen molar-refractivity contribution in [2.24, 2.45) is 0 Å². The fourth-order valence-electron chi connectivity index (χ4n) is 0.817. The minimum absolute atomic E-state index is 0.630. The van der Waals surface area contributed by atoms with E-state index in [9.17, 15) is 0 Å². The number of hydrogen-bond acceptors (Lipinski definition) is 2. The minimum Gasteiger partial charge on any atom is -0.398 e. The van der Waals surface area contributed by atoms with Gasteiger partial charge in [0.25, 0.3) is 0 Å². The van der Waals surface area contributed by atoms with E-state index >= 15 is 0 Å². The van der Waals surface area contributed by atoms with Crippen LogP contribution in [0.4, 0.5) is 5.69 Å². The second-order valence-corrected chi connectivity index (χ2v) is 3.10. The maximum atomic E-state index is 8.61. The van der Waals surface area contributed by atoms with Crippen molar-refractivity contribution in [3.05, 3.63) is 27.7 Å². The summed E-state index contributed by atoms with van der Waals surface area (Å²) in [6.07, 6.45) is 0. The standard InChI is InChI=1S/C8H7BrN2/c1-5-6(4-10)2-3-7(9)8(5)11/h2-3H,11H2,1H3. The van der Waals surface area contributed by atoms with Crippen molar-refractivity contribution in [1.82, 2.24) is 0 Å². The largest absolute Gasteiger partial charge is 0.398 e. The topological polar surface area (TPSA) is 49.8 Å². The molecule has 0 aliphatic heterocycles. The van der Waals surface area contributed by atoms with E-state index in [1.54, 1.807) is 12.1 Å². The summed E-state index contributed by atoms with van der Waals surface area (Å²) in [5.41, 5.74) is 7.77. The van der Waals surface area contributed by atoms with Gasteiger partial charge in [0.2, 0.25) is 0 Å². The number of rotatable bonds is 0. The molecule has 0 aromatic heterocycles. The number of nitriles is 1. The minimum atomic E-state index is 0.630. The number of anilines is 1. The van der Waals surface area contributed by atoms with Crippen LogP contribution < -0.4 is 5.73 Å². The predicted molar refractivity (Wildman–Crippen MR) is 48.0 cm³/mol. The Bertz CT molecular complexity index is 326. The normalized spacial score (nSPS) is 9.18. The number of hydrogen-bond donors (Lipinski definition) is 1. The van der Waals surface area contributed by atoms with Crippen LogP contribution >= 0.6 is 15.9 Å². The summed E-state index contributed by atoms with van der Waals surface area (Å²) < 4.78 is 0.842. The first kappa shape index (κ1) is 8.09. The Morgan fingerprint density at radius 3 is 2.73 bits per heavy atom. The van der Waals surface area contributed by atoms with E-state index in [0.29, 0.717) is 11.3 Å². The zero-order chi connectivity index (χ0) is 8.43. The van der Waals surface area contributed by atoms with Crippen molar-refractivity contribution in [2.45, 2.75) is 6.92 Å². The highest BCUT2D eigenvalue weighted by atomic mass is 79.9. The molecule has 0 aliphatic rings. The van der Waals surface area contributed by atoms with Gasteiger partial charge in [-0.1, -0.05) is 0 Å². The summed E-state index contributed by atoms with van der Waals surface area (Å²) in [5.74, 6) is 0. The molecule has 3 heteroatoms. The summed E-state index contributed by atoms with van der Waals surface area (Å²) in [6, 6.07) is 5.59. The van der Waals surface area contributed by atoms with E-state index in [1.807, 2.05) is 6.92 Å². The molecule has 1 aromatic carbocycles. The van der Waals surface area contributed by atoms with Crippen LogP contribution in [0.5, 0.6) is 0 Å². The van der Waals surface area contributed by atoms with E-state index < -0.39 is 0 Å². The van der Waals surface area contributed by atoms with E-state index in [-0.39, 0.29) is 0 Å². The zero-order valence-corrected chi connectivity index (χ0v) is 7.64. The zero-order valence-electron chi connectivity index (χ0n) is 6.06. The van der Waals surface area contributed by atoms with Crippen LogP contribution in [0, 0.1) is 18.3 Å².